The zero-order chi connectivity index (χ0) is 25.2. The molecule has 1 aliphatic rings. The number of aromatic nitrogens is 3. The fourth-order valence-electron chi connectivity index (χ4n) is 3.97. The largest absolute Gasteiger partial charge is 0.434 e. The zero-order valence-electron chi connectivity index (χ0n) is 18.7. The molecule has 0 radical (unpaired) electrons. The Hall–Kier alpha value is -3.63. The number of halogens is 5. The van der Waals surface area contributed by atoms with E-state index in [1.54, 1.807) is 19.1 Å². The average Bonchev–Trinajstić information content (AvgIpc) is 2.82. The summed E-state index contributed by atoms with van der Waals surface area (Å²) in [6.45, 7) is 1.40. The monoisotopic (exact) mass is 491 g/mol. The molecular weight excluding hydrogens is 469 g/mol. The highest BCUT2D eigenvalue weighted by Gasteiger charge is 2.43. The summed E-state index contributed by atoms with van der Waals surface area (Å²) in [6, 6.07) is 11.7. The Balaban J connectivity index is 1.58. The summed E-state index contributed by atoms with van der Waals surface area (Å²) in [5.74, 6) is -3.50. The van der Waals surface area contributed by atoms with E-state index in [-0.39, 0.29) is 24.6 Å². The van der Waals surface area contributed by atoms with Gasteiger partial charge in [-0.2, -0.15) is 13.2 Å². The van der Waals surface area contributed by atoms with Gasteiger partial charge < -0.3 is 10.2 Å². The molecule has 1 saturated heterocycles. The number of alkyl halides is 5. The fraction of sp³-hybridized carbons (Fsp3) is 0.333. The second-order valence-electron chi connectivity index (χ2n) is 8.34. The van der Waals surface area contributed by atoms with Gasteiger partial charge in [0.15, 0.2) is 5.69 Å². The number of piperidine rings is 1. The van der Waals surface area contributed by atoms with E-state index in [4.69, 9.17) is 0 Å². The van der Waals surface area contributed by atoms with Crippen LogP contribution in [0.4, 0.5) is 27.8 Å². The van der Waals surface area contributed by atoms with E-state index in [1.807, 2.05) is 30.3 Å². The van der Waals surface area contributed by atoms with Crippen molar-refractivity contribution in [2.75, 3.05) is 18.4 Å². The first-order valence-corrected chi connectivity index (χ1v) is 10.9. The number of amides is 1. The molecule has 6 nitrogen and oxygen atoms in total. The Morgan fingerprint density at radius 2 is 1.86 bits per heavy atom. The molecule has 184 valence electrons. The van der Waals surface area contributed by atoms with E-state index in [9.17, 15) is 26.7 Å². The summed E-state index contributed by atoms with van der Waals surface area (Å²) >= 11 is 0. The van der Waals surface area contributed by atoms with Gasteiger partial charge in [-0.15, -0.1) is 0 Å². The Morgan fingerprint density at radius 1 is 1.11 bits per heavy atom. The number of carbonyl (C=O) groups excluding carboxylic acids is 1. The Bertz CT molecular complexity index is 1190. The van der Waals surface area contributed by atoms with Gasteiger partial charge in [0, 0.05) is 37.2 Å². The van der Waals surface area contributed by atoms with E-state index >= 15 is 0 Å². The van der Waals surface area contributed by atoms with Gasteiger partial charge in [0.25, 0.3) is 11.8 Å². The van der Waals surface area contributed by atoms with Crippen LogP contribution in [0.25, 0.3) is 11.1 Å². The molecule has 2 aromatic heterocycles. The summed E-state index contributed by atoms with van der Waals surface area (Å²) in [5.41, 5.74) is 0.938. The summed E-state index contributed by atoms with van der Waals surface area (Å²) in [4.78, 5) is 26.3. The minimum atomic E-state index is -4.64. The molecule has 1 amide bonds. The summed E-state index contributed by atoms with van der Waals surface area (Å²) in [6.07, 6.45) is -4.30. The number of anilines is 1. The minimum absolute atomic E-state index is 0.0158. The summed E-state index contributed by atoms with van der Waals surface area (Å²) in [5, 5.41) is 2.74. The molecule has 1 aliphatic heterocycles. The lowest BCUT2D eigenvalue weighted by molar-refractivity contribution is -0.141. The zero-order valence-corrected chi connectivity index (χ0v) is 18.7. The van der Waals surface area contributed by atoms with Crippen molar-refractivity contribution in [2.24, 2.45) is 0 Å². The molecular formula is C24H22F5N5O. The van der Waals surface area contributed by atoms with Crippen molar-refractivity contribution in [1.29, 1.82) is 0 Å². The quantitative estimate of drug-likeness (QED) is 0.496. The SMILES string of the molecule is Cc1ccc(-c2ccccc2)c(C(=O)N2CCC(F)(F)CC2CNc2cnc(C(F)(F)F)cn2)n1. The van der Waals surface area contributed by atoms with Crippen molar-refractivity contribution >= 4 is 11.7 Å². The smallest absolute Gasteiger partial charge is 0.367 e. The van der Waals surface area contributed by atoms with Crippen molar-refractivity contribution in [3.05, 3.63) is 71.9 Å². The van der Waals surface area contributed by atoms with Gasteiger partial charge in [0.1, 0.15) is 11.5 Å². The highest BCUT2D eigenvalue weighted by Crippen LogP contribution is 2.34. The van der Waals surface area contributed by atoms with Crippen molar-refractivity contribution in [3.8, 4) is 11.1 Å². The Labute approximate surface area is 198 Å². The van der Waals surface area contributed by atoms with Crippen LogP contribution in [0.5, 0.6) is 0 Å². The van der Waals surface area contributed by atoms with Crippen LogP contribution in [0, 0.1) is 6.92 Å². The number of rotatable bonds is 5. The highest BCUT2D eigenvalue weighted by molar-refractivity contribution is 5.99. The van der Waals surface area contributed by atoms with Gasteiger partial charge >= 0.3 is 6.18 Å². The molecule has 1 atom stereocenters. The van der Waals surface area contributed by atoms with Gasteiger partial charge in [-0.25, -0.2) is 23.7 Å². The molecule has 1 aromatic carbocycles. The summed E-state index contributed by atoms with van der Waals surface area (Å²) < 4.78 is 66.7. The molecule has 1 N–H and O–H groups in total. The molecule has 0 saturated carbocycles. The van der Waals surface area contributed by atoms with E-state index in [2.05, 4.69) is 20.3 Å². The van der Waals surface area contributed by atoms with Crippen LogP contribution in [0.15, 0.2) is 54.9 Å². The number of pyridine rings is 1. The van der Waals surface area contributed by atoms with Gasteiger partial charge in [-0.3, -0.25) is 4.79 Å². The number of hydrogen-bond donors (Lipinski definition) is 1. The highest BCUT2D eigenvalue weighted by atomic mass is 19.4. The van der Waals surface area contributed by atoms with Crippen molar-refractivity contribution in [3.63, 3.8) is 0 Å². The molecule has 4 rings (SSSR count). The lowest BCUT2D eigenvalue weighted by Crippen LogP contribution is -2.52. The number of likely N-dealkylation sites (tertiary alicyclic amines) is 1. The van der Waals surface area contributed by atoms with Crippen LogP contribution >= 0.6 is 0 Å². The molecule has 1 fully saturated rings. The third-order valence-corrected chi connectivity index (χ3v) is 5.74. The van der Waals surface area contributed by atoms with Crippen molar-refractivity contribution in [1.82, 2.24) is 19.9 Å². The maximum Gasteiger partial charge on any atom is 0.434 e. The molecule has 0 aliphatic carbocycles. The van der Waals surface area contributed by atoms with Crippen molar-refractivity contribution in [2.45, 2.75) is 37.9 Å². The topological polar surface area (TPSA) is 71.0 Å². The van der Waals surface area contributed by atoms with E-state index in [0.717, 1.165) is 11.8 Å². The number of nitrogens with one attached hydrogen (secondary N) is 1. The predicted octanol–water partition coefficient (Wildman–Crippen LogP) is 5.22. The minimum Gasteiger partial charge on any atom is -0.367 e. The number of carbonyl (C=O) groups is 1. The van der Waals surface area contributed by atoms with E-state index < -0.39 is 42.6 Å². The van der Waals surface area contributed by atoms with Gasteiger partial charge in [-0.05, 0) is 18.6 Å². The first-order chi connectivity index (χ1) is 16.5. The lowest BCUT2D eigenvalue weighted by atomic mass is 9.96. The van der Waals surface area contributed by atoms with E-state index in [0.29, 0.717) is 17.5 Å². The number of benzene rings is 1. The Morgan fingerprint density at radius 3 is 2.51 bits per heavy atom. The Kier molecular flexibility index (Phi) is 6.68. The number of hydrogen-bond acceptors (Lipinski definition) is 5. The van der Waals surface area contributed by atoms with Crippen LogP contribution in [0.3, 0.4) is 0 Å². The van der Waals surface area contributed by atoms with Crippen LogP contribution in [-0.4, -0.2) is 50.8 Å². The first kappa shape index (κ1) is 24.5. The van der Waals surface area contributed by atoms with Crippen molar-refractivity contribution < 1.29 is 26.7 Å². The maximum atomic E-state index is 14.3. The van der Waals surface area contributed by atoms with Crippen LogP contribution in [0.1, 0.15) is 34.7 Å². The van der Waals surface area contributed by atoms with Crippen LogP contribution in [0.2, 0.25) is 0 Å². The average molecular weight is 491 g/mol. The molecule has 0 bridgehead atoms. The van der Waals surface area contributed by atoms with Crippen LogP contribution in [-0.2, 0) is 6.18 Å². The molecule has 1 unspecified atom stereocenters. The molecule has 0 spiro atoms. The van der Waals surface area contributed by atoms with Gasteiger partial charge in [0.2, 0.25) is 0 Å². The lowest BCUT2D eigenvalue weighted by Gasteiger charge is -2.39. The number of nitrogens with zero attached hydrogens (tertiary/aromatic N) is 4. The standard InChI is InChI=1S/C24H22F5N5O/c1-15-7-8-18(16-5-3-2-4-6-16)21(33-15)22(35)34-10-9-23(25,26)11-17(34)12-31-20-14-30-19(13-32-20)24(27,28)29/h2-8,13-14,17H,9-12H2,1H3,(H,31,32). The van der Waals surface area contributed by atoms with Crippen LogP contribution < -0.4 is 5.32 Å². The molecule has 35 heavy (non-hydrogen) atoms. The summed E-state index contributed by atoms with van der Waals surface area (Å²) in [7, 11) is 0. The first-order valence-electron chi connectivity index (χ1n) is 10.9. The second-order valence-corrected chi connectivity index (χ2v) is 8.34. The number of aryl methyl sites for hydroxylation is 1. The normalized spacial score (nSPS) is 17.8. The van der Waals surface area contributed by atoms with Gasteiger partial charge in [0.05, 0.1) is 18.4 Å². The fourth-order valence-corrected chi connectivity index (χ4v) is 3.97. The third kappa shape index (κ3) is 5.72. The third-order valence-electron chi connectivity index (χ3n) is 5.74. The second kappa shape index (κ2) is 9.55. The molecule has 11 heteroatoms. The van der Waals surface area contributed by atoms with Gasteiger partial charge in [-0.1, -0.05) is 36.4 Å². The van der Waals surface area contributed by atoms with E-state index in [1.165, 1.54) is 4.90 Å². The molecule has 3 aromatic rings. The molecule has 3 heterocycles. The predicted molar refractivity (Wildman–Crippen MR) is 119 cm³/mol. The maximum absolute atomic E-state index is 14.3.